The molecule has 2 aromatic rings. The maximum Gasteiger partial charge on any atom is 0.0645 e. The monoisotopic (exact) mass is 283 g/mol. The summed E-state index contributed by atoms with van der Waals surface area (Å²) in [4.78, 5) is 0. The molecule has 0 spiro atoms. The van der Waals surface area contributed by atoms with Gasteiger partial charge in [-0.15, -0.1) is 0 Å². The van der Waals surface area contributed by atoms with E-state index in [0.717, 1.165) is 18.8 Å². The van der Waals surface area contributed by atoms with Crippen LogP contribution in [0.5, 0.6) is 0 Å². The molecule has 1 aliphatic rings. The Morgan fingerprint density at radius 3 is 2.57 bits per heavy atom. The Labute approximate surface area is 127 Å². The molecule has 1 heterocycles. The van der Waals surface area contributed by atoms with Crippen molar-refractivity contribution in [2.75, 3.05) is 6.54 Å². The lowest BCUT2D eigenvalue weighted by atomic mass is 9.76. The highest BCUT2D eigenvalue weighted by Gasteiger charge is 2.25. The number of nitrogens with one attached hydrogen (secondary N) is 1. The predicted octanol–water partition coefficient (Wildman–Crippen LogP) is 3.93. The lowest BCUT2D eigenvalue weighted by Crippen LogP contribution is -2.33. The Kier molecular flexibility index (Phi) is 4.39. The highest BCUT2D eigenvalue weighted by Crippen LogP contribution is 2.34. The largest absolute Gasteiger partial charge is 0.312 e. The highest BCUT2D eigenvalue weighted by atomic mass is 15.3. The molecule has 1 aliphatic carbocycles. The van der Waals surface area contributed by atoms with Crippen molar-refractivity contribution >= 4 is 0 Å². The quantitative estimate of drug-likeness (QED) is 0.901. The Hall–Kier alpha value is -1.61. The summed E-state index contributed by atoms with van der Waals surface area (Å²) in [7, 11) is 0. The van der Waals surface area contributed by atoms with Crippen LogP contribution in [-0.4, -0.2) is 16.3 Å². The van der Waals surface area contributed by atoms with E-state index in [1.807, 2.05) is 16.9 Å². The van der Waals surface area contributed by atoms with Gasteiger partial charge < -0.3 is 5.32 Å². The molecular formula is C18H25N3. The van der Waals surface area contributed by atoms with Gasteiger partial charge >= 0.3 is 0 Å². The van der Waals surface area contributed by atoms with Gasteiger partial charge in [0, 0.05) is 25.5 Å². The summed E-state index contributed by atoms with van der Waals surface area (Å²) in [5.41, 5.74) is 2.96. The Bertz CT molecular complexity index is 536. The van der Waals surface area contributed by atoms with Crippen molar-refractivity contribution in [1.29, 1.82) is 0 Å². The molecule has 21 heavy (non-hydrogen) atoms. The van der Waals surface area contributed by atoms with Crippen LogP contribution in [0.15, 0.2) is 42.7 Å². The normalized spacial score (nSPS) is 17.8. The summed E-state index contributed by atoms with van der Waals surface area (Å²) >= 11 is 0. The van der Waals surface area contributed by atoms with E-state index in [1.54, 1.807) is 6.20 Å². The van der Waals surface area contributed by atoms with Crippen LogP contribution in [0.4, 0.5) is 0 Å². The van der Waals surface area contributed by atoms with Crippen LogP contribution in [0.2, 0.25) is 0 Å². The van der Waals surface area contributed by atoms with Crippen molar-refractivity contribution in [2.45, 2.75) is 45.6 Å². The number of hydrogen-bond acceptors (Lipinski definition) is 2. The molecule has 1 aromatic carbocycles. The molecule has 0 amide bonds. The second kappa shape index (κ2) is 6.44. The van der Waals surface area contributed by atoms with Crippen molar-refractivity contribution < 1.29 is 0 Å². The van der Waals surface area contributed by atoms with E-state index < -0.39 is 0 Å². The molecule has 3 rings (SSSR count). The zero-order valence-electron chi connectivity index (χ0n) is 12.9. The van der Waals surface area contributed by atoms with E-state index in [4.69, 9.17) is 0 Å². The van der Waals surface area contributed by atoms with Gasteiger partial charge in [-0.25, -0.2) is 4.68 Å². The third kappa shape index (κ3) is 3.73. The molecular weight excluding hydrogens is 258 g/mol. The van der Waals surface area contributed by atoms with Gasteiger partial charge in [-0.3, -0.25) is 0 Å². The van der Waals surface area contributed by atoms with E-state index >= 15 is 0 Å². The van der Waals surface area contributed by atoms with Crippen LogP contribution in [0, 0.1) is 5.41 Å². The molecule has 112 valence electrons. The lowest BCUT2D eigenvalue weighted by molar-refractivity contribution is 0.207. The van der Waals surface area contributed by atoms with Gasteiger partial charge in [0.05, 0.1) is 5.69 Å². The fourth-order valence-corrected chi connectivity index (χ4v) is 3.28. The SMILES string of the molecule is CC1(CNCc2ccc(-n3cccn3)cc2)CCCCC1. The summed E-state index contributed by atoms with van der Waals surface area (Å²) in [6, 6.07) is 10.6. The smallest absolute Gasteiger partial charge is 0.0645 e. The molecule has 0 unspecified atom stereocenters. The first-order valence-electron chi connectivity index (χ1n) is 8.05. The van der Waals surface area contributed by atoms with Gasteiger partial charge in [-0.05, 0) is 42.0 Å². The second-order valence-corrected chi connectivity index (χ2v) is 6.59. The van der Waals surface area contributed by atoms with Gasteiger partial charge in [0.2, 0.25) is 0 Å². The van der Waals surface area contributed by atoms with Gasteiger partial charge in [0.1, 0.15) is 0 Å². The molecule has 0 radical (unpaired) electrons. The van der Waals surface area contributed by atoms with Gasteiger partial charge in [-0.2, -0.15) is 5.10 Å². The van der Waals surface area contributed by atoms with Crippen LogP contribution in [0.25, 0.3) is 5.69 Å². The van der Waals surface area contributed by atoms with E-state index in [2.05, 4.69) is 41.6 Å². The van der Waals surface area contributed by atoms with Gasteiger partial charge in [0.15, 0.2) is 0 Å². The highest BCUT2D eigenvalue weighted by molar-refractivity contribution is 5.33. The predicted molar refractivity (Wildman–Crippen MR) is 86.5 cm³/mol. The summed E-state index contributed by atoms with van der Waals surface area (Å²) in [5.74, 6) is 0. The topological polar surface area (TPSA) is 29.9 Å². The molecule has 1 aromatic heterocycles. The maximum absolute atomic E-state index is 4.25. The molecule has 3 heteroatoms. The van der Waals surface area contributed by atoms with Crippen LogP contribution in [0.1, 0.15) is 44.6 Å². The zero-order chi connectivity index (χ0) is 14.5. The first-order chi connectivity index (χ1) is 10.3. The second-order valence-electron chi connectivity index (χ2n) is 6.59. The average Bonchev–Trinajstić information content (AvgIpc) is 3.03. The van der Waals surface area contributed by atoms with E-state index in [1.165, 1.54) is 37.7 Å². The van der Waals surface area contributed by atoms with Crippen molar-refractivity contribution in [3.05, 3.63) is 48.3 Å². The molecule has 0 saturated heterocycles. The Balaban J connectivity index is 1.51. The zero-order valence-corrected chi connectivity index (χ0v) is 12.9. The first-order valence-corrected chi connectivity index (χ1v) is 8.05. The lowest BCUT2D eigenvalue weighted by Gasteiger charge is -2.33. The molecule has 1 fully saturated rings. The van der Waals surface area contributed by atoms with E-state index in [-0.39, 0.29) is 0 Å². The molecule has 1 saturated carbocycles. The summed E-state index contributed by atoms with van der Waals surface area (Å²) in [5, 5.41) is 7.89. The number of rotatable bonds is 5. The first kappa shape index (κ1) is 14.3. The van der Waals surface area contributed by atoms with Crippen molar-refractivity contribution in [3.63, 3.8) is 0 Å². The number of aromatic nitrogens is 2. The summed E-state index contributed by atoms with van der Waals surface area (Å²) < 4.78 is 1.89. The molecule has 0 bridgehead atoms. The fourth-order valence-electron chi connectivity index (χ4n) is 3.28. The summed E-state index contributed by atoms with van der Waals surface area (Å²) in [6.45, 7) is 4.52. The molecule has 0 atom stereocenters. The van der Waals surface area contributed by atoms with Crippen LogP contribution < -0.4 is 5.32 Å². The fraction of sp³-hybridized carbons (Fsp3) is 0.500. The number of hydrogen-bond donors (Lipinski definition) is 1. The minimum Gasteiger partial charge on any atom is -0.312 e. The molecule has 3 nitrogen and oxygen atoms in total. The molecule has 0 aliphatic heterocycles. The number of nitrogens with zero attached hydrogens (tertiary/aromatic N) is 2. The maximum atomic E-state index is 4.25. The minimum atomic E-state index is 0.507. The third-order valence-electron chi connectivity index (χ3n) is 4.65. The van der Waals surface area contributed by atoms with Gasteiger partial charge in [-0.1, -0.05) is 38.3 Å². The Morgan fingerprint density at radius 1 is 1.14 bits per heavy atom. The Morgan fingerprint density at radius 2 is 1.90 bits per heavy atom. The number of benzene rings is 1. The van der Waals surface area contributed by atoms with E-state index in [0.29, 0.717) is 5.41 Å². The van der Waals surface area contributed by atoms with Crippen LogP contribution in [-0.2, 0) is 6.54 Å². The van der Waals surface area contributed by atoms with Crippen LogP contribution in [0.3, 0.4) is 0 Å². The van der Waals surface area contributed by atoms with Crippen molar-refractivity contribution in [3.8, 4) is 5.69 Å². The van der Waals surface area contributed by atoms with Crippen molar-refractivity contribution in [2.24, 2.45) is 5.41 Å². The third-order valence-corrected chi connectivity index (χ3v) is 4.65. The minimum absolute atomic E-state index is 0.507. The van der Waals surface area contributed by atoms with Gasteiger partial charge in [0.25, 0.3) is 0 Å². The molecule has 1 N–H and O–H groups in total. The average molecular weight is 283 g/mol. The van der Waals surface area contributed by atoms with E-state index in [9.17, 15) is 0 Å². The summed E-state index contributed by atoms with van der Waals surface area (Å²) in [6.07, 6.45) is 10.7. The standard InChI is InChI=1S/C18H25N3/c1-18(10-3-2-4-11-18)15-19-14-16-6-8-17(9-7-16)21-13-5-12-20-21/h5-9,12-13,19H,2-4,10-11,14-15H2,1H3. The van der Waals surface area contributed by atoms with Crippen LogP contribution >= 0.6 is 0 Å². The van der Waals surface area contributed by atoms with Crippen molar-refractivity contribution in [1.82, 2.24) is 15.1 Å².